The molecule has 60 valence electrons. The van der Waals surface area contributed by atoms with E-state index in [1.165, 1.54) is 0 Å². The monoisotopic (exact) mass is 149 g/mol. The van der Waals surface area contributed by atoms with E-state index in [9.17, 15) is 0 Å². The molecule has 1 atom stereocenters. The number of nitrogens with zero attached hydrogens (tertiary/aromatic N) is 1. The van der Waals surface area contributed by atoms with E-state index in [1.807, 2.05) is 0 Å². The van der Waals surface area contributed by atoms with Crippen LogP contribution in [-0.4, -0.2) is 0 Å². The highest BCUT2D eigenvalue weighted by Crippen LogP contribution is 2.45. The minimum atomic E-state index is -0.165. The molecule has 0 saturated carbocycles. The SMILES string of the molecule is CC1(C)C=CCCC1(C)C#N. The van der Waals surface area contributed by atoms with Gasteiger partial charge in [-0.3, -0.25) is 0 Å². The Morgan fingerprint density at radius 2 is 2.00 bits per heavy atom. The molecule has 0 N–H and O–H groups in total. The van der Waals surface area contributed by atoms with Crippen LogP contribution in [0.5, 0.6) is 0 Å². The van der Waals surface area contributed by atoms with Gasteiger partial charge in [-0.25, -0.2) is 0 Å². The highest BCUT2D eigenvalue weighted by molar-refractivity contribution is 5.16. The summed E-state index contributed by atoms with van der Waals surface area (Å²) in [7, 11) is 0. The Morgan fingerprint density at radius 3 is 2.36 bits per heavy atom. The third kappa shape index (κ3) is 1.18. The van der Waals surface area contributed by atoms with Crippen LogP contribution >= 0.6 is 0 Å². The van der Waals surface area contributed by atoms with Crippen LogP contribution in [0.15, 0.2) is 12.2 Å². The van der Waals surface area contributed by atoms with Crippen LogP contribution in [0.4, 0.5) is 0 Å². The zero-order chi connectivity index (χ0) is 8.54. The van der Waals surface area contributed by atoms with Crippen molar-refractivity contribution >= 4 is 0 Å². The number of rotatable bonds is 0. The molecule has 0 spiro atoms. The fourth-order valence-corrected chi connectivity index (χ4v) is 1.46. The number of hydrogen-bond acceptors (Lipinski definition) is 1. The van der Waals surface area contributed by atoms with Crippen molar-refractivity contribution in [3.63, 3.8) is 0 Å². The number of allylic oxidation sites excluding steroid dienone is 2. The summed E-state index contributed by atoms with van der Waals surface area (Å²) in [6.45, 7) is 6.31. The van der Waals surface area contributed by atoms with Crippen molar-refractivity contribution in [2.45, 2.75) is 33.6 Å². The second-order valence-electron chi connectivity index (χ2n) is 4.11. The third-order valence-corrected chi connectivity index (χ3v) is 3.01. The Kier molecular flexibility index (Phi) is 1.80. The highest BCUT2D eigenvalue weighted by atomic mass is 14.5. The van der Waals surface area contributed by atoms with E-state index in [0.29, 0.717) is 0 Å². The fraction of sp³-hybridized carbons (Fsp3) is 0.700. The van der Waals surface area contributed by atoms with Crippen LogP contribution in [0.3, 0.4) is 0 Å². The zero-order valence-corrected chi connectivity index (χ0v) is 7.52. The lowest BCUT2D eigenvalue weighted by atomic mass is 9.63. The van der Waals surface area contributed by atoms with E-state index in [0.717, 1.165) is 12.8 Å². The maximum Gasteiger partial charge on any atom is 0.0695 e. The summed E-state index contributed by atoms with van der Waals surface area (Å²) >= 11 is 0. The summed E-state index contributed by atoms with van der Waals surface area (Å²) < 4.78 is 0. The summed E-state index contributed by atoms with van der Waals surface area (Å²) in [6, 6.07) is 2.42. The molecule has 0 fully saturated rings. The summed E-state index contributed by atoms with van der Waals surface area (Å²) in [5.41, 5.74) is -0.123. The Morgan fingerprint density at radius 1 is 1.36 bits per heavy atom. The van der Waals surface area contributed by atoms with Gasteiger partial charge in [-0.1, -0.05) is 26.0 Å². The molecule has 0 amide bonds. The van der Waals surface area contributed by atoms with Crippen molar-refractivity contribution in [1.29, 1.82) is 5.26 Å². The average Bonchev–Trinajstić information content (AvgIpc) is 1.95. The Labute approximate surface area is 68.7 Å². The van der Waals surface area contributed by atoms with E-state index >= 15 is 0 Å². The van der Waals surface area contributed by atoms with Crippen LogP contribution in [-0.2, 0) is 0 Å². The largest absolute Gasteiger partial charge is 0.198 e. The van der Waals surface area contributed by atoms with E-state index in [2.05, 4.69) is 39.0 Å². The van der Waals surface area contributed by atoms with Crippen LogP contribution in [0, 0.1) is 22.2 Å². The Balaban J connectivity index is 3.00. The van der Waals surface area contributed by atoms with Gasteiger partial charge in [0.1, 0.15) is 0 Å². The Hall–Kier alpha value is -0.770. The van der Waals surface area contributed by atoms with Crippen molar-refractivity contribution in [3.05, 3.63) is 12.2 Å². The second-order valence-corrected chi connectivity index (χ2v) is 4.11. The highest BCUT2D eigenvalue weighted by Gasteiger charge is 2.40. The van der Waals surface area contributed by atoms with Crippen LogP contribution < -0.4 is 0 Å². The first-order valence-corrected chi connectivity index (χ1v) is 4.11. The van der Waals surface area contributed by atoms with Crippen molar-refractivity contribution in [3.8, 4) is 6.07 Å². The zero-order valence-electron chi connectivity index (χ0n) is 7.52. The first-order valence-electron chi connectivity index (χ1n) is 4.11. The van der Waals surface area contributed by atoms with Gasteiger partial charge in [0.15, 0.2) is 0 Å². The minimum absolute atomic E-state index is 0.0417. The molecule has 0 bridgehead atoms. The third-order valence-electron chi connectivity index (χ3n) is 3.01. The molecule has 1 aliphatic carbocycles. The van der Waals surface area contributed by atoms with E-state index in [1.54, 1.807) is 0 Å². The summed E-state index contributed by atoms with van der Waals surface area (Å²) in [6.07, 6.45) is 6.39. The van der Waals surface area contributed by atoms with Gasteiger partial charge in [0.25, 0.3) is 0 Å². The molecular formula is C10H15N. The lowest BCUT2D eigenvalue weighted by Crippen LogP contribution is -2.34. The lowest BCUT2D eigenvalue weighted by molar-refractivity contribution is 0.189. The molecular weight excluding hydrogens is 134 g/mol. The van der Waals surface area contributed by atoms with Crippen molar-refractivity contribution in [2.75, 3.05) is 0 Å². The molecule has 0 saturated heterocycles. The van der Waals surface area contributed by atoms with Gasteiger partial charge < -0.3 is 0 Å². The summed E-state index contributed by atoms with van der Waals surface area (Å²) in [5, 5.41) is 9.00. The van der Waals surface area contributed by atoms with Gasteiger partial charge in [-0.15, -0.1) is 0 Å². The number of hydrogen-bond donors (Lipinski definition) is 0. The lowest BCUT2D eigenvalue weighted by Gasteiger charge is -2.39. The quantitative estimate of drug-likeness (QED) is 0.486. The maximum absolute atomic E-state index is 9.00. The molecule has 0 heterocycles. The van der Waals surface area contributed by atoms with Crippen molar-refractivity contribution in [2.24, 2.45) is 10.8 Å². The predicted molar refractivity (Wildman–Crippen MR) is 45.9 cm³/mol. The minimum Gasteiger partial charge on any atom is -0.198 e. The van der Waals surface area contributed by atoms with Gasteiger partial charge in [-0.05, 0) is 19.8 Å². The molecule has 1 heteroatoms. The summed E-state index contributed by atoms with van der Waals surface area (Å²) in [5.74, 6) is 0. The second kappa shape index (κ2) is 2.37. The molecule has 0 radical (unpaired) electrons. The molecule has 1 nitrogen and oxygen atoms in total. The van der Waals surface area contributed by atoms with Crippen LogP contribution in [0.1, 0.15) is 33.6 Å². The molecule has 0 aromatic rings. The summed E-state index contributed by atoms with van der Waals surface area (Å²) in [4.78, 5) is 0. The molecule has 1 aliphatic rings. The van der Waals surface area contributed by atoms with Gasteiger partial charge >= 0.3 is 0 Å². The molecule has 11 heavy (non-hydrogen) atoms. The van der Waals surface area contributed by atoms with Gasteiger partial charge in [0.05, 0.1) is 11.5 Å². The van der Waals surface area contributed by atoms with Crippen molar-refractivity contribution in [1.82, 2.24) is 0 Å². The van der Waals surface area contributed by atoms with Crippen molar-refractivity contribution < 1.29 is 0 Å². The van der Waals surface area contributed by atoms with Gasteiger partial charge in [0, 0.05) is 5.41 Å². The normalized spacial score (nSPS) is 34.7. The standard InChI is InChI=1S/C10H15N/c1-9(2)6-4-5-7-10(9,3)8-11/h4,6H,5,7H2,1-3H3. The fourth-order valence-electron chi connectivity index (χ4n) is 1.46. The molecule has 0 aromatic carbocycles. The molecule has 0 aromatic heterocycles. The Bertz CT molecular complexity index is 220. The molecule has 0 aliphatic heterocycles. The van der Waals surface area contributed by atoms with Gasteiger partial charge in [0.2, 0.25) is 0 Å². The van der Waals surface area contributed by atoms with Crippen LogP contribution in [0.2, 0.25) is 0 Å². The topological polar surface area (TPSA) is 23.8 Å². The van der Waals surface area contributed by atoms with E-state index < -0.39 is 0 Å². The number of nitriles is 1. The van der Waals surface area contributed by atoms with Gasteiger partial charge in [-0.2, -0.15) is 5.26 Å². The van der Waals surface area contributed by atoms with E-state index in [-0.39, 0.29) is 10.8 Å². The van der Waals surface area contributed by atoms with Crippen LogP contribution in [0.25, 0.3) is 0 Å². The maximum atomic E-state index is 9.00. The first-order chi connectivity index (χ1) is 5.02. The first kappa shape index (κ1) is 8.33. The predicted octanol–water partition coefficient (Wildman–Crippen LogP) is 2.89. The smallest absolute Gasteiger partial charge is 0.0695 e. The molecule has 1 unspecified atom stereocenters. The molecule has 1 rings (SSSR count). The average molecular weight is 149 g/mol. The van der Waals surface area contributed by atoms with E-state index in [4.69, 9.17) is 5.26 Å².